The van der Waals surface area contributed by atoms with Gasteiger partial charge in [0.25, 0.3) is 0 Å². The summed E-state index contributed by atoms with van der Waals surface area (Å²) in [5.74, 6) is 1.02. The van der Waals surface area contributed by atoms with Crippen molar-refractivity contribution in [3.63, 3.8) is 0 Å². The monoisotopic (exact) mass is 655 g/mol. The van der Waals surface area contributed by atoms with Gasteiger partial charge in [0.1, 0.15) is 19.0 Å². The molecule has 2 N–H and O–H groups in total. The van der Waals surface area contributed by atoms with Gasteiger partial charge in [0.2, 0.25) is 11.8 Å². The number of hydrogen-bond acceptors (Lipinski definition) is 5. The number of carbonyl (C=O) groups excluding carboxylic acids is 2. The molecule has 0 saturated carbocycles. The lowest BCUT2D eigenvalue weighted by Gasteiger charge is -2.44. The largest absolute Gasteiger partial charge is 0.490 e. The fraction of sp³-hybridized carbons (Fsp3) is 0.353. The first-order valence-corrected chi connectivity index (χ1v) is 15.9. The number of nitrogens with one attached hydrogen (secondary N) is 2. The van der Waals surface area contributed by atoms with Crippen molar-refractivity contribution in [3.8, 4) is 11.5 Å². The summed E-state index contributed by atoms with van der Waals surface area (Å²) < 4.78 is 11.7. The quantitative estimate of drug-likeness (QED) is 0.230. The van der Waals surface area contributed by atoms with Crippen LogP contribution in [0.1, 0.15) is 36.5 Å². The van der Waals surface area contributed by atoms with Crippen molar-refractivity contribution in [2.45, 2.75) is 45.2 Å². The Balaban J connectivity index is 1.25. The first kappa shape index (κ1) is 32.2. The van der Waals surface area contributed by atoms with E-state index in [0.29, 0.717) is 59.8 Å². The van der Waals surface area contributed by atoms with Crippen LogP contribution in [0.25, 0.3) is 5.57 Å². The van der Waals surface area contributed by atoms with Gasteiger partial charge in [-0.15, -0.1) is 0 Å². The predicted molar refractivity (Wildman–Crippen MR) is 176 cm³/mol. The number of aryl methyl sites for hydroxylation is 2. The van der Waals surface area contributed by atoms with Crippen LogP contribution in [0.15, 0.2) is 66.2 Å². The number of hydrogen-bond donors (Lipinski definition) is 2. The van der Waals surface area contributed by atoms with Gasteiger partial charge in [-0.3, -0.25) is 9.59 Å². The Morgan fingerprint density at radius 3 is 2.36 bits per heavy atom. The van der Waals surface area contributed by atoms with Gasteiger partial charge in [-0.2, -0.15) is 0 Å². The summed E-state index contributed by atoms with van der Waals surface area (Å²) >= 11 is 18.8. The molecule has 3 aromatic rings. The SMILES string of the molecule is CC(=O)N1C[C@H]2CC(c3ccc(OCCOc4c(Cl)cc(C)cc4Cl)cc3)=C(C(=O)NCCCc3ccccc3Cl)[C@@H](C1)N2. The maximum Gasteiger partial charge on any atom is 0.249 e. The molecule has 2 atom stereocenters. The third-order valence-electron chi connectivity index (χ3n) is 7.90. The summed E-state index contributed by atoms with van der Waals surface area (Å²) in [4.78, 5) is 27.7. The highest BCUT2D eigenvalue weighted by Gasteiger charge is 2.39. The Bertz CT molecular complexity index is 1520. The van der Waals surface area contributed by atoms with E-state index in [-0.39, 0.29) is 30.5 Å². The van der Waals surface area contributed by atoms with Gasteiger partial charge in [0, 0.05) is 43.2 Å². The van der Waals surface area contributed by atoms with E-state index in [1.807, 2.05) is 60.4 Å². The molecule has 3 aromatic carbocycles. The van der Waals surface area contributed by atoms with E-state index in [1.54, 1.807) is 19.1 Å². The summed E-state index contributed by atoms with van der Waals surface area (Å²) in [6.45, 7) is 5.65. The first-order valence-electron chi connectivity index (χ1n) is 14.8. The molecule has 44 heavy (non-hydrogen) atoms. The van der Waals surface area contributed by atoms with Gasteiger partial charge >= 0.3 is 0 Å². The highest BCUT2D eigenvalue weighted by atomic mass is 35.5. The fourth-order valence-electron chi connectivity index (χ4n) is 5.80. The number of nitrogens with zero attached hydrogens (tertiary/aromatic N) is 1. The molecule has 2 aliphatic heterocycles. The number of amides is 2. The number of piperazine rings is 1. The number of fused-ring (bicyclic) bond motifs is 2. The Labute approximate surface area is 273 Å². The second kappa shape index (κ2) is 14.7. The first-order chi connectivity index (χ1) is 21.2. The molecule has 2 aliphatic rings. The van der Waals surface area contributed by atoms with Crippen LogP contribution in [0.2, 0.25) is 15.1 Å². The molecule has 1 fully saturated rings. The summed E-state index contributed by atoms with van der Waals surface area (Å²) in [5, 5.41) is 8.36. The highest BCUT2D eigenvalue weighted by Crippen LogP contribution is 2.35. The Morgan fingerprint density at radius 2 is 1.66 bits per heavy atom. The summed E-state index contributed by atoms with van der Waals surface area (Å²) in [7, 11) is 0. The maximum absolute atomic E-state index is 13.7. The van der Waals surface area contributed by atoms with Crippen molar-refractivity contribution in [3.05, 3.63) is 98.0 Å². The molecule has 2 amide bonds. The number of ether oxygens (including phenoxy) is 2. The second-order valence-electron chi connectivity index (χ2n) is 11.2. The topological polar surface area (TPSA) is 79.9 Å². The van der Waals surface area contributed by atoms with Gasteiger partial charge in [-0.25, -0.2) is 0 Å². The molecule has 0 radical (unpaired) electrons. The molecule has 7 nitrogen and oxygen atoms in total. The van der Waals surface area contributed by atoms with Gasteiger partial charge in [-0.1, -0.05) is 65.1 Å². The normalized spacial score (nSPS) is 17.8. The van der Waals surface area contributed by atoms with Gasteiger partial charge < -0.3 is 25.0 Å². The van der Waals surface area contributed by atoms with Crippen LogP contribution >= 0.6 is 34.8 Å². The van der Waals surface area contributed by atoms with E-state index >= 15 is 0 Å². The number of halogens is 3. The zero-order valence-electron chi connectivity index (χ0n) is 24.8. The lowest BCUT2D eigenvalue weighted by molar-refractivity contribution is -0.131. The van der Waals surface area contributed by atoms with Crippen molar-refractivity contribution in [1.29, 1.82) is 0 Å². The molecule has 0 unspecified atom stereocenters. The second-order valence-corrected chi connectivity index (χ2v) is 12.4. The average molecular weight is 657 g/mol. The fourth-order valence-corrected chi connectivity index (χ4v) is 6.73. The molecule has 1 saturated heterocycles. The molecule has 0 aliphatic carbocycles. The van der Waals surface area contributed by atoms with Gasteiger partial charge in [0.15, 0.2) is 5.75 Å². The van der Waals surface area contributed by atoms with Crippen molar-refractivity contribution >= 4 is 52.2 Å². The lowest BCUT2D eigenvalue weighted by atomic mass is 9.83. The molecular formula is C34H36Cl3N3O4. The predicted octanol–water partition coefficient (Wildman–Crippen LogP) is 6.51. The van der Waals surface area contributed by atoms with E-state index < -0.39 is 0 Å². The van der Waals surface area contributed by atoms with Crippen LogP contribution < -0.4 is 20.1 Å². The van der Waals surface area contributed by atoms with E-state index in [2.05, 4.69) is 10.6 Å². The molecule has 232 valence electrons. The lowest BCUT2D eigenvalue weighted by Crippen LogP contribution is -2.61. The van der Waals surface area contributed by atoms with Crippen LogP contribution in [-0.2, 0) is 16.0 Å². The Kier molecular flexibility index (Phi) is 10.7. The van der Waals surface area contributed by atoms with E-state index in [0.717, 1.165) is 40.1 Å². The van der Waals surface area contributed by atoms with Crippen molar-refractivity contribution in [2.75, 3.05) is 32.8 Å². The summed E-state index contributed by atoms with van der Waals surface area (Å²) in [5.41, 5.74) is 4.65. The average Bonchev–Trinajstić information content (AvgIpc) is 2.99. The minimum atomic E-state index is -0.251. The Morgan fingerprint density at radius 1 is 0.955 bits per heavy atom. The van der Waals surface area contributed by atoms with Gasteiger partial charge in [0.05, 0.1) is 16.1 Å². The van der Waals surface area contributed by atoms with Crippen LogP contribution in [0.3, 0.4) is 0 Å². The molecule has 5 rings (SSSR count). The van der Waals surface area contributed by atoms with Crippen molar-refractivity contribution in [1.82, 2.24) is 15.5 Å². The van der Waals surface area contributed by atoms with Gasteiger partial charge in [-0.05, 0) is 78.8 Å². The van der Waals surface area contributed by atoms with E-state index in [9.17, 15) is 9.59 Å². The van der Waals surface area contributed by atoms with Crippen LogP contribution in [0, 0.1) is 6.92 Å². The van der Waals surface area contributed by atoms with Crippen LogP contribution in [0.4, 0.5) is 0 Å². The van der Waals surface area contributed by atoms with Crippen molar-refractivity contribution < 1.29 is 19.1 Å². The minimum absolute atomic E-state index is 0.0156. The molecule has 2 heterocycles. The number of benzene rings is 3. The number of carbonyl (C=O) groups is 2. The molecule has 0 aromatic heterocycles. The highest BCUT2D eigenvalue weighted by molar-refractivity contribution is 6.37. The third kappa shape index (κ3) is 7.88. The van der Waals surface area contributed by atoms with E-state index in [1.165, 1.54) is 0 Å². The molecular weight excluding hydrogens is 621 g/mol. The van der Waals surface area contributed by atoms with Crippen molar-refractivity contribution in [2.24, 2.45) is 0 Å². The smallest absolute Gasteiger partial charge is 0.249 e. The maximum atomic E-state index is 13.7. The molecule has 0 spiro atoms. The van der Waals surface area contributed by atoms with Crippen LogP contribution in [-0.4, -0.2) is 61.6 Å². The van der Waals surface area contributed by atoms with E-state index in [4.69, 9.17) is 44.3 Å². The summed E-state index contributed by atoms with van der Waals surface area (Å²) in [6, 6.07) is 18.9. The minimum Gasteiger partial charge on any atom is -0.490 e. The third-order valence-corrected chi connectivity index (χ3v) is 8.84. The number of rotatable bonds is 11. The Hall–Kier alpha value is -3.23. The molecule has 2 bridgehead atoms. The summed E-state index contributed by atoms with van der Waals surface area (Å²) in [6.07, 6.45) is 2.16. The zero-order valence-corrected chi connectivity index (χ0v) is 27.1. The van der Waals surface area contributed by atoms with Crippen LogP contribution in [0.5, 0.6) is 11.5 Å². The zero-order chi connectivity index (χ0) is 31.2. The molecule has 10 heteroatoms. The standard InChI is InChI=1S/C34H36Cl3N3O4/c1-21-16-29(36)33(30(37)17-21)44-15-14-43-26-11-9-23(10-12-26)27-18-25-19-40(22(2)41)20-31(39-25)32(27)34(42)38-13-5-7-24-6-3-4-8-28(24)35/h3-4,6,8-12,16-17,25,31,39H,5,7,13-15,18-20H2,1-2H3,(H,38,42)/t25-,31-/m1/s1.